The van der Waals surface area contributed by atoms with E-state index in [0.717, 1.165) is 9.87 Å². The van der Waals surface area contributed by atoms with Crippen molar-refractivity contribution >= 4 is 39.1 Å². The van der Waals surface area contributed by atoms with E-state index in [0.29, 0.717) is 17.3 Å². The van der Waals surface area contributed by atoms with Crippen LogP contribution in [-0.4, -0.2) is 51.4 Å². The Morgan fingerprint density at radius 2 is 1.62 bits per heavy atom. The van der Waals surface area contributed by atoms with Crippen LogP contribution in [0.2, 0.25) is 5.02 Å². The van der Waals surface area contributed by atoms with Gasteiger partial charge in [0.1, 0.15) is 18.3 Å². The van der Waals surface area contributed by atoms with Crippen molar-refractivity contribution in [2.45, 2.75) is 38.3 Å². The molecule has 0 unspecified atom stereocenters. The average molecular weight is 572 g/mol. The maximum Gasteiger partial charge on any atom is 0.264 e. The normalized spacial score (nSPS) is 12.1. The number of anilines is 1. The van der Waals surface area contributed by atoms with Crippen molar-refractivity contribution in [3.8, 4) is 5.75 Å². The Bertz CT molecular complexity index is 1370. The second kappa shape index (κ2) is 13.5. The first-order chi connectivity index (χ1) is 18.5. The summed E-state index contributed by atoms with van der Waals surface area (Å²) in [5.74, 6) is -0.134. The SMILES string of the molecule is COc1ccc(S(=O)(=O)N(CC(=O)N(Cc2ccccc2)[C@@H](C)C(=O)NCC(C)C)c2cccc(Cl)c2)cc1. The fraction of sp³-hybridized carbons (Fsp3) is 0.310. The van der Waals surface area contributed by atoms with Crippen LogP contribution in [0, 0.1) is 5.92 Å². The summed E-state index contributed by atoms with van der Waals surface area (Å²) in [6, 6.07) is 20.6. The highest BCUT2D eigenvalue weighted by molar-refractivity contribution is 7.92. The number of nitrogens with zero attached hydrogens (tertiary/aromatic N) is 2. The van der Waals surface area contributed by atoms with Crippen molar-refractivity contribution in [3.63, 3.8) is 0 Å². The van der Waals surface area contributed by atoms with Gasteiger partial charge in [0.15, 0.2) is 0 Å². The average Bonchev–Trinajstić information content (AvgIpc) is 2.93. The van der Waals surface area contributed by atoms with E-state index in [4.69, 9.17) is 16.3 Å². The van der Waals surface area contributed by atoms with Crippen LogP contribution in [0.25, 0.3) is 0 Å². The molecule has 3 rings (SSSR count). The molecular weight excluding hydrogens is 538 g/mol. The molecule has 0 fully saturated rings. The minimum absolute atomic E-state index is 0.0200. The maximum absolute atomic E-state index is 13.9. The van der Waals surface area contributed by atoms with E-state index < -0.39 is 28.5 Å². The lowest BCUT2D eigenvalue weighted by molar-refractivity contribution is -0.139. The van der Waals surface area contributed by atoms with Crippen molar-refractivity contribution in [3.05, 3.63) is 89.4 Å². The highest BCUT2D eigenvalue weighted by Crippen LogP contribution is 2.27. The largest absolute Gasteiger partial charge is 0.497 e. The molecule has 0 aromatic heterocycles. The van der Waals surface area contributed by atoms with Gasteiger partial charge in [-0.25, -0.2) is 8.42 Å². The van der Waals surface area contributed by atoms with Gasteiger partial charge >= 0.3 is 0 Å². The molecule has 0 aliphatic heterocycles. The monoisotopic (exact) mass is 571 g/mol. The van der Waals surface area contributed by atoms with Gasteiger partial charge in [-0.2, -0.15) is 0 Å². The second-order valence-corrected chi connectivity index (χ2v) is 11.8. The van der Waals surface area contributed by atoms with Crippen LogP contribution in [0.3, 0.4) is 0 Å². The number of halogens is 1. The fourth-order valence-electron chi connectivity index (χ4n) is 3.85. The van der Waals surface area contributed by atoms with E-state index in [-0.39, 0.29) is 29.0 Å². The van der Waals surface area contributed by atoms with Crippen LogP contribution >= 0.6 is 11.6 Å². The quantitative estimate of drug-likeness (QED) is 0.339. The summed E-state index contributed by atoms with van der Waals surface area (Å²) in [5.41, 5.74) is 1.03. The van der Waals surface area contributed by atoms with Crippen LogP contribution in [0.5, 0.6) is 5.75 Å². The van der Waals surface area contributed by atoms with E-state index in [1.54, 1.807) is 25.1 Å². The zero-order valence-electron chi connectivity index (χ0n) is 22.5. The smallest absolute Gasteiger partial charge is 0.264 e. The Morgan fingerprint density at radius 3 is 2.21 bits per heavy atom. The summed E-state index contributed by atoms with van der Waals surface area (Å²) in [6.07, 6.45) is 0. The highest BCUT2D eigenvalue weighted by atomic mass is 35.5. The molecule has 0 heterocycles. The molecule has 3 aromatic carbocycles. The third-order valence-electron chi connectivity index (χ3n) is 6.07. The highest BCUT2D eigenvalue weighted by Gasteiger charge is 2.32. The number of hydrogen-bond acceptors (Lipinski definition) is 5. The lowest BCUT2D eigenvalue weighted by Crippen LogP contribution is -2.51. The van der Waals surface area contributed by atoms with Crippen LogP contribution < -0.4 is 14.4 Å². The number of rotatable bonds is 12. The number of sulfonamides is 1. The van der Waals surface area contributed by atoms with E-state index in [9.17, 15) is 18.0 Å². The minimum Gasteiger partial charge on any atom is -0.497 e. The van der Waals surface area contributed by atoms with Crippen LogP contribution in [-0.2, 0) is 26.2 Å². The Kier molecular flexibility index (Phi) is 10.4. The van der Waals surface area contributed by atoms with Crippen molar-refractivity contribution in [2.24, 2.45) is 5.92 Å². The Balaban J connectivity index is 2.00. The molecule has 0 aliphatic carbocycles. The molecule has 8 nitrogen and oxygen atoms in total. The second-order valence-electron chi connectivity index (χ2n) is 9.49. The number of hydrogen-bond donors (Lipinski definition) is 1. The number of carbonyl (C=O) groups excluding carboxylic acids is 2. The molecule has 208 valence electrons. The van der Waals surface area contributed by atoms with E-state index in [1.165, 1.54) is 42.3 Å². The Morgan fingerprint density at radius 1 is 0.949 bits per heavy atom. The summed E-state index contributed by atoms with van der Waals surface area (Å²) in [7, 11) is -2.71. The molecule has 0 saturated carbocycles. The minimum atomic E-state index is -4.19. The van der Waals surface area contributed by atoms with Gasteiger partial charge in [-0.15, -0.1) is 0 Å². The molecule has 3 aromatic rings. The lowest BCUT2D eigenvalue weighted by atomic mass is 10.1. The number of methoxy groups -OCH3 is 1. The van der Waals surface area contributed by atoms with Crippen molar-refractivity contribution < 1.29 is 22.7 Å². The Hall–Kier alpha value is -3.56. The van der Waals surface area contributed by atoms with Crippen molar-refractivity contribution in [1.82, 2.24) is 10.2 Å². The molecular formula is C29H34ClN3O5S. The number of nitrogens with one attached hydrogen (secondary N) is 1. The van der Waals surface area contributed by atoms with Gasteiger partial charge in [0.05, 0.1) is 17.7 Å². The summed E-state index contributed by atoms with van der Waals surface area (Å²) in [6.45, 7) is 5.63. The molecule has 1 N–H and O–H groups in total. The van der Waals surface area contributed by atoms with Gasteiger partial charge in [0.2, 0.25) is 11.8 Å². The zero-order chi connectivity index (χ0) is 28.6. The topological polar surface area (TPSA) is 96.0 Å². The van der Waals surface area contributed by atoms with Gasteiger partial charge in [0.25, 0.3) is 10.0 Å². The first-order valence-corrected chi connectivity index (χ1v) is 14.4. The first-order valence-electron chi connectivity index (χ1n) is 12.6. The molecule has 0 spiro atoms. The van der Waals surface area contributed by atoms with Gasteiger partial charge < -0.3 is 15.0 Å². The lowest BCUT2D eigenvalue weighted by Gasteiger charge is -2.32. The molecule has 39 heavy (non-hydrogen) atoms. The molecule has 10 heteroatoms. The van der Waals surface area contributed by atoms with Crippen molar-refractivity contribution in [1.29, 1.82) is 0 Å². The molecule has 2 amide bonds. The number of amides is 2. The number of ether oxygens (including phenoxy) is 1. The van der Waals surface area contributed by atoms with Crippen LogP contribution in [0.15, 0.2) is 83.8 Å². The van der Waals surface area contributed by atoms with E-state index in [2.05, 4.69) is 5.32 Å². The van der Waals surface area contributed by atoms with E-state index in [1.807, 2.05) is 44.2 Å². The molecule has 0 saturated heterocycles. The summed E-state index contributed by atoms with van der Waals surface area (Å²) < 4.78 is 33.8. The molecule has 1 atom stereocenters. The molecule has 0 radical (unpaired) electrons. The van der Waals surface area contributed by atoms with Crippen LogP contribution in [0.1, 0.15) is 26.3 Å². The third-order valence-corrected chi connectivity index (χ3v) is 8.09. The predicted molar refractivity (Wildman–Crippen MR) is 153 cm³/mol. The summed E-state index contributed by atoms with van der Waals surface area (Å²) in [4.78, 5) is 28.2. The Labute approximate surface area is 235 Å². The van der Waals surface area contributed by atoms with Gasteiger partial charge in [-0.05, 0) is 60.9 Å². The maximum atomic E-state index is 13.9. The standard InChI is InChI=1S/C29H34ClN3O5S/c1-21(2)18-31-29(35)22(3)32(19-23-9-6-5-7-10-23)28(34)20-33(25-12-8-11-24(30)17-25)39(36,37)27-15-13-26(38-4)14-16-27/h5-17,21-22H,18-20H2,1-4H3,(H,31,35)/t22-/m0/s1. The fourth-order valence-corrected chi connectivity index (χ4v) is 5.44. The van der Waals surface area contributed by atoms with Gasteiger partial charge in [0, 0.05) is 18.1 Å². The van der Waals surface area contributed by atoms with Gasteiger partial charge in [-0.1, -0.05) is 61.8 Å². The van der Waals surface area contributed by atoms with Crippen LogP contribution in [0.4, 0.5) is 5.69 Å². The third kappa shape index (κ3) is 7.97. The number of carbonyl (C=O) groups is 2. The molecule has 0 bridgehead atoms. The van der Waals surface area contributed by atoms with Crippen molar-refractivity contribution in [2.75, 3.05) is 24.5 Å². The van der Waals surface area contributed by atoms with E-state index >= 15 is 0 Å². The summed E-state index contributed by atoms with van der Waals surface area (Å²) in [5, 5.41) is 3.19. The molecule has 0 aliphatic rings. The number of benzene rings is 3. The first kappa shape index (κ1) is 30.0. The van der Waals surface area contributed by atoms with Gasteiger partial charge in [-0.3, -0.25) is 13.9 Å². The summed E-state index contributed by atoms with van der Waals surface area (Å²) >= 11 is 6.20. The predicted octanol–water partition coefficient (Wildman–Crippen LogP) is 4.73. The zero-order valence-corrected chi connectivity index (χ0v) is 24.1.